The molecule has 0 radical (unpaired) electrons. The summed E-state index contributed by atoms with van der Waals surface area (Å²) in [6.07, 6.45) is 1.10. The summed E-state index contributed by atoms with van der Waals surface area (Å²) in [6, 6.07) is 5.78. The highest BCUT2D eigenvalue weighted by Gasteiger charge is 2.36. The van der Waals surface area contributed by atoms with Gasteiger partial charge >= 0.3 is 0 Å². The Kier molecular flexibility index (Phi) is 3.14. The van der Waals surface area contributed by atoms with Crippen LogP contribution in [0, 0.1) is 11.8 Å². The van der Waals surface area contributed by atoms with Crippen molar-refractivity contribution in [3.8, 4) is 5.75 Å². The zero-order valence-electron chi connectivity index (χ0n) is 10.00. The molecule has 1 N–H and O–H groups in total. The van der Waals surface area contributed by atoms with Crippen molar-refractivity contribution < 1.29 is 13.5 Å². The third-order valence-corrected chi connectivity index (χ3v) is 5.11. The van der Waals surface area contributed by atoms with Gasteiger partial charge < -0.3 is 5.11 Å². The van der Waals surface area contributed by atoms with E-state index in [0.29, 0.717) is 18.4 Å². The molecule has 0 amide bonds. The van der Waals surface area contributed by atoms with E-state index in [1.807, 2.05) is 0 Å². The standard InChI is InChI=1S/C12H17NO3S/c1-9-6-10(9)8-13(2)17(15,16)12-5-3-4-11(14)7-12/h3-5,7,9-10,14H,6,8H2,1-2H3. The van der Waals surface area contributed by atoms with Crippen LogP contribution in [0.4, 0.5) is 0 Å². The lowest BCUT2D eigenvalue weighted by atomic mass is 10.3. The normalized spacial score (nSPS) is 23.9. The summed E-state index contributed by atoms with van der Waals surface area (Å²) in [5.74, 6) is 1.07. The molecule has 1 aromatic carbocycles. The van der Waals surface area contributed by atoms with Crippen LogP contribution in [0.3, 0.4) is 0 Å². The zero-order valence-corrected chi connectivity index (χ0v) is 10.8. The van der Waals surface area contributed by atoms with Gasteiger partial charge in [-0.25, -0.2) is 12.7 Å². The Labute approximate surface area is 102 Å². The maximum atomic E-state index is 12.2. The van der Waals surface area contributed by atoms with Gasteiger partial charge in [0, 0.05) is 13.6 Å². The summed E-state index contributed by atoms with van der Waals surface area (Å²) >= 11 is 0. The Hall–Kier alpha value is -1.07. The second-order valence-corrected chi connectivity index (χ2v) is 6.80. The van der Waals surface area contributed by atoms with E-state index in [1.54, 1.807) is 7.05 Å². The van der Waals surface area contributed by atoms with E-state index in [-0.39, 0.29) is 10.6 Å². The highest BCUT2D eigenvalue weighted by molar-refractivity contribution is 7.89. The summed E-state index contributed by atoms with van der Waals surface area (Å²) in [4.78, 5) is 0.147. The number of sulfonamides is 1. The number of hydrogen-bond donors (Lipinski definition) is 1. The average molecular weight is 255 g/mol. The van der Waals surface area contributed by atoms with Crippen molar-refractivity contribution in [1.29, 1.82) is 0 Å². The summed E-state index contributed by atoms with van der Waals surface area (Å²) < 4.78 is 25.7. The molecule has 0 spiro atoms. The molecule has 1 saturated carbocycles. The molecule has 0 aromatic heterocycles. The molecular formula is C12H17NO3S. The van der Waals surface area contributed by atoms with E-state index in [0.717, 1.165) is 6.42 Å². The maximum Gasteiger partial charge on any atom is 0.242 e. The van der Waals surface area contributed by atoms with Crippen molar-refractivity contribution in [2.45, 2.75) is 18.2 Å². The van der Waals surface area contributed by atoms with Gasteiger partial charge in [-0.1, -0.05) is 13.0 Å². The fourth-order valence-electron chi connectivity index (χ4n) is 1.91. The van der Waals surface area contributed by atoms with Crippen molar-refractivity contribution in [3.05, 3.63) is 24.3 Å². The molecule has 17 heavy (non-hydrogen) atoms. The molecule has 1 aromatic rings. The van der Waals surface area contributed by atoms with Crippen LogP contribution < -0.4 is 0 Å². The fraction of sp³-hybridized carbons (Fsp3) is 0.500. The van der Waals surface area contributed by atoms with Gasteiger partial charge in [-0.05, 0) is 36.5 Å². The van der Waals surface area contributed by atoms with Crippen LogP contribution in [-0.2, 0) is 10.0 Å². The molecule has 1 fully saturated rings. The van der Waals surface area contributed by atoms with Crippen LogP contribution >= 0.6 is 0 Å². The minimum atomic E-state index is -3.47. The molecule has 0 bridgehead atoms. The van der Waals surface area contributed by atoms with Crippen molar-refractivity contribution in [2.24, 2.45) is 11.8 Å². The maximum absolute atomic E-state index is 12.2. The monoisotopic (exact) mass is 255 g/mol. The van der Waals surface area contributed by atoms with Gasteiger partial charge in [-0.2, -0.15) is 0 Å². The summed E-state index contributed by atoms with van der Waals surface area (Å²) in [7, 11) is -1.88. The van der Waals surface area contributed by atoms with Crippen LogP contribution in [0.25, 0.3) is 0 Å². The summed E-state index contributed by atoms with van der Waals surface area (Å²) in [5.41, 5.74) is 0. The van der Waals surface area contributed by atoms with E-state index in [2.05, 4.69) is 6.92 Å². The summed E-state index contributed by atoms with van der Waals surface area (Å²) in [6.45, 7) is 2.68. The number of rotatable bonds is 4. The quantitative estimate of drug-likeness (QED) is 0.890. The Bertz CT molecular complexity index is 512. The van der Waals surface area contributed by atoms with Gasteiger partial charge in [0.1, 0.15) is 5.75 Å². The Morgan fingerprint density at radius 1 is 1.47 bits per heavy atom. The van der Waals surface area contributed by atoms with Crippen molar-refractivity contribution in [1.82, 2.24) is 4.31 Å². The Morgan fingerprint density at radius 3 is 2.65 bits per heavy atom. The number of phenols is 1. The number of aromatic hydroxyl groups is 1. The Balaban J connectivity index is 2.17. The number of nitrogens with zero attached hydrogens (tertiary/aromatic N) is 1. The molecule has 0 saturated heterocycles. The molecule has 0 heterocycles. The van der Waals surface area contributed by atoms with Gasteiger partial charge in [0.15, 0.2) is 0 Å². The second-order valence-electron chi connectivity index (χ2n) is 4.76. The summed E-state index contributed by atoms with van der Waals surface area (Å²) in [5, 5.41) is 9.31. The molecular weight excluding hydrogens is 238 g/mol. The lowest BCUT2D eigenvalue weighted by molar-refractivity contribution is 0.442. The van der Waals surface area contributed by atoms with E-state index in [4.69, 9.17) is 0 Å². The van der Waals surface area contributed by atoms with E-state index >= 15 is 0 Å². The van der Waals surface area contributed by atoms with Gasteiger partial charge in [-0.15, -0.1) is 0 Å². The highest BCUT2D eigenvalue weighted by Crippen LogP contribution is 2.38. The molecule has 1 aliphatic carbocycles. The molecule has 4 nitrogen and oxygen atoms in total. The molecule has 5 heteroatoms. The first-order valence-corrected chi connectivity index (χ1v) is 7.10. The van der Waals surface area contributed by atoms with Crippen molar-refractivity contribution >= 4 is 10.0 Å². The predicted octanol–water partition coefficient (Wildman–Crippen LogP) is 1.67. The number of phenolic OH excluding ortho intramolecular Hbond substituents is 1. The third-order valence-electron chi connectivity index (χ3n) is 3.29. The molecule has 2 atom stereocenters. The lowest BCUT2D eigenvalue weighted by Gasteiger charge is -2.17. The first-order valence-electron chi connectivity index (χ1n) is 5.66. The first kappa shape index (κ1) is 12.4. The first-order chi connectivity index (χ1) is 7.91. The lowest BCUT2D eigenvalue weighted by Crippen LogP contribution is -2.29. The van der Waals surface area contributed by atoms with E-state index in [1.165, 1.54) is 28.6 Å². The molecule has 1 aliphatic rings. The topological polar surface area (TPSA) is 57.6 Å². The van der Waals surface area contributed by atoms with Crippen LogP contribution in [-0.4, -0.2) is 31.4 Å². The van der Waals surface area contributed by atoms with Gasteiger partial charge in [0.05, 0.1) is 4.90 Å². The van der Waals surface area contributed by atoms with Crippen LogP contribution in [0.2, 0.25) is 0 Å². The van der Waals surface area contributed by atoms with Crippen molar-refractivity contribution in [2.75, 3.05) is 13.6 Å². The molecule has 94 valence electrons. The Morgan fingerprint density at radius 2 is 2.12 bits per heavy atom. The minimum absolute atomic E-state index is 0.0285. The fourth-order valence-corrected chi connectivity index (χ4v) is 3.17. The highest BCUT2D eigenvalue weighted by atomic mass is 32.2. The number of benzene rings is 1. The van der Waals surface area contributed by atoms with Crippen LogP contribution in [0.1, 0.15) is 13.3 Å². The zero-order chi connectivity index (χ0) is 12.6. The van der Waals surface area contributed by atoms with Crippen LogP contribution in [0.15, 0.2) is 29.2 Å². The predicted molar refractivity (Wildman–Crippen MR) is 65.2 cm³/mol. The largest absolute Gasteiger partial charge is 0.508 e. The van der Waals surface area contributed by atoms with Gasteiger partial charge in [-0.3, -0.25) is 0 Å². The SMILES string of the molecule is CC1CC1CN(C)S(=O)(=O)c1cccc(O)c1. The second kappa shape index (κ2) is 4.31. The van der Waals surface area contributed by atoms with E-state index < -0.39 is 10.0 Å². The number of hydrogen-bond acceptors (Lipinski definition) is 3. The molecule has 0 aliphatic heterocycles. The molecule has 2 rings (SSSR count). The molecule has 2 unspecified atom stereocenters. The van der Waals surface area contributed by atoms with Gasteiger partial charge in [0.2, 0.25) is 10.0 Å². The van der Waals surface area contributed by atoms with Gasteiger partial charge in [0.25, 0.3) is 0 Å². The third kappa shape index (κ3) is 2.61. The van der Waals surface area contributed by atoms with Crippen LogP contribution in [0.5, 0.6) is 5.75 Å². The minimum Gasteiger partial charge on any atom is -0.508 e. The van der Waals surface area contributed by atoms with Crippen molar-refractivity contribution in [3.63, 3.8) is 0 Å². The van der Waals surface area contributed by atoms with E-state index in [9.17, 15) is 13.5 Å². The average Bonchev–Trinajstić information content (AvgIpc) is 2.94. The smallest absolute Gasteiger partial charge is 0.242 e.